The summed E-state index contributed by atoms with van der Waals surface area (Å²) in [6.07, 6.45) is 0.976. The van der Waals surface area contributed by atoms with Crippen LogP contribution in [0, 0.1) is 5.41 Å². The largest absolute Gasteiger partial charge is 0.496 e. The number of ether oxygens (including phenoxy) is 1. The molecule has 0 N–H and O–H groups in total. The minimum atomic E-state index is -0.164. The van der Waals surface area contributed by atoms with Gasteiger partial charge in [0.05, 0.1) is 19.4 Å². The zero-order chi connectivity index (χ0) is 20.9. The molecule has 2 aromatic carbocycles. The predicted octanol–water partition coefficient (Wildman–Crippen LogP) is 4.65. The van der Waals surface area contributed by atoms with Gasteiger partial charge in [-0.3, -0.25) is 4.79 Å². The quantitative estimate of drug-likeness (QED) is 0.687. The van der Waals surface area contributed by atoms with Crippen molar-refractivity contribution in [1.82, 2.24) is 4.90 Å². The predicted molar refractivity (Wildman–Crippen MR) is 115 cm³/mol. The van der Waals surface area contributed by atoms with Crippen LogP contribution in [-0.4, -0.2) is 36.3 Å². The lowest BCUT2D eigenvalue weighted by molar-refractivity contribution is -0.135. The summed E-state index contributed by atoms with van der Waals surface area (Å²) < 4.78 is 5.45. The first-order chi connectivity index (χ1) is 13.9. The SMILES string of the molecule is COc1ccccc1C1=NOC(CN(Cc2ccccc2)C(=O)CC(C)(C)C)C1. The highest BCUT2D eigenvalue weighted by atomic mass is 16.6. The molecule has 1 amide bonds. The van der Waals surface area contributed by atoms with E-state index < -0.39 is 0 Å². The molecule has 1 unspecified atom stereocenters. The van der Waals surface area contributed by atoms with E-state index in [-0.39, 0.29) is 17.4 Å². The van der Waals surface area contributed by atoms with Crippen LogP contribution in [-0.2, 0) is 16.2 Å². The lowest BCUT2D eigenvalue weighted by atomic mass is 9.91. The van der Waals surface area contributed by atoms with Crippen LogP contribution in [0.3, 0.4) is 0 Å². The van der Waals surface area contributed by atoms with Crippen molar-refractivity contribution in [2.75, 3.05) is 13.7 Å². The Labute approximate surface area is 173 Å². The van der Waals surface area contributed by atoms with Crippen LogP contribution in [0.15, 0.2) is 59.8 Å². The van der Waals surface area contributed by atoms with Gasteiger partial charge in [0.15, 0.2) is 6.10 Å². The smallest absolute Gasteiger partial charge is 0.223 e. The molecular formula is C24H30N2O3. The van der Waals surface area contributed by atoms with Gasteiger partial charge in [0, 0.05) is 24.9 Å². The Morgan fingerprint density at radius 2 is 1.83 bits per heavy atom. The maximum Gasteiger partial charge on any atom is 0.223 e. The Balaban J connectivity index is 1.70. The Kier molecular flexibility index (Phi) is 6.57. The van der Waals surface area contributed by atoms with Crippen LogP contribution in [0.4, 0.5) is 0 Å². The van der Waals surface area contributed by atoms with Gasteiger partial charge in [0.1, 0.15) is 5.75 Å². The standard InChI is InChI=1S/C24H30N2O3/c1-24(2,3)15-23(27)26(16-18-10-6-5-7-11-18)17-19-14-21(25-29-19)20-12-8-9-13-22(20)28-4/h5-13,19H,14-17H2,1-4H3. The molecule has 0 bridgehead atoms. The lowest BCUT2D eigenvalue weighted by Crippen LogP contribution is -2.38. The summed E-state index contributed by atoms with van der Waals surface area (Å²) in [5, 5.41) is 4.29. The average Bonchev–Trinajstić information content (AvgIpc) is 3.15. The third-order valence-corrected chi connectivity index (χ3v) is 4.83. The number of nitrogens with zero attached hydrogens (tertiary/aromatic N) is 2. The summed E-state index contributed by atoms with van der Waals surface area (Å²) in [4.78, 5) is 20.6. The number of carbonyl (C=O) groups is 1. The van der Waals surface area contributed by atoms with Crippen LogP contribution < -0.4 is 4.74 Å². The summed E-state index contributed by atoms with van der Waals surface area (Å²) in [5.41, 5.74) is 2.84. The number of rotatable bonds is 7. The molecule has 0 fully saturated rings. The minimum absolute atomic E-state index is 0.0678. The van der Waals surface area contributed by atoms with Gasteiger partial charge in [-0.05, 0) is 23.1 Å². The number of methoxy groups -OCH3 is 1. The monoisotopic (exact) mass is 394 g/mol. The molecule has 154 valence electrons. The van der Waals surface area contributed by atoms with E-state index in [0.29, 0.717) is 25.9 Å². The maximum absolute atomic E-state index is 13.0. The molecule has 1 aliphatic heterocycles. The van der Waals surface area contributed by atoms with Crippen molar-refractivity contribution in [3.8, 4) is 5.75 Å². The van der Waals surface area contributed by atoms with E-state index in [4.69, 9.17) is 9.57 Å². The molecule has 0 saturated heterocycles. The fraction of sp³-hybridized carbons (Fsp3) is 0.417. The first-order valence-electron chi connectivity index (χ1n) is 10.0. The maximum atomic E-state index is 13.0. The van der Waals surface area contributed by atoms with E-state index in [1.54, 1.807) is 7.11 Å². The van der Waals surface area contributed by atoms with Gasteiger partial charge in [0.2, 0.25) is 5.91 Å². The highest BCUT2D eigenvalue weighted by Crippen LogP contribution is 2.26. The molecule has 0 aromatic heterocycles. The summed E-state index contributed by atoms with van der Waals surface area (Å²) in [6.45, 7) is 7.33. The Bertz CT molecular complexity index is 856. The van der Waals surface area contributed by atoms with Crippen molar-refractivity contribution < 1.29 is 14.4 Å². The first-order valence-corrected chi connectivity index (χ1v) is 10.0. The van der Waals surface area contributed by atoms with E-state index in [1.165, 1.54) is 0 Å². The van der Waals surface area contributed by atoms with Crippen molar-refractivity contribution in [1.29, 1.82) is 0 Å². The van der Waals surface area contributed by atoms with Gasteiger partial charge in [-0.1, -0.05) is 68.4 Å². The number of hydrogen-bond donors (Lipinski definition) is 0. The Morgan fingerprint density at radius 1 is 1.14 bits per heavy atom. The summed E-state index contributed by atoms with van der Waals surface area (Å²) in [5.74, 6) is 0.913. The van der Waals surface area contributed by atoms with Crippen molar-refractivity contribution in [2.24, 2.45) is 10.6 Å². The average molecular weight is 395 g/mol. The summed E-state index contributed by atoms with van der Waals surface area (Å²) in [7, 11) is 1.65. The normalized spacial score (nSPS) is 16.1. The van der Waals surface area contributed by atoms with Gasteiger partial charge < -0.3 is 14.5 Å². The summed E-state index contributed by atoms with van der Waals surface area (Å²) in [6, 6.07) is 17.9. The van der Waals surface area contributed by atoms with E-state index in [2.05, 4.69) is 25.9 Å². The molecule has 5 heteroatoms. The number of hydrogen-bond acceptors (Lipinski definition) is 4. The fourth-order valence-electron chi connectivity index (χ4n) is 3.44. The first kappa shape index (κ1) is 20.9. The highest BCUT2D eigenvalue weighted by Gasteiger charge is 2.29. The van der Waals surface area contributed by atoms with E-state index in [9.17, 15) is 4.79 Å². The molecule has 3 rings (SSSR count). The van der Waals surface area contributed by atoms with Gasteiger partial charge in [0.25, 0.3) is 0 Å². The molecule has 2 aromatic rings. The van der Waals surface area contributed by atoms with Gasteiger partial charge in [-0.25, -0.2) is 0 Å². The third-order valence-electron chi connectivity index (χ3n) is 4.83. The minimum Gasteiger partial charge on any atom is -0.496 e. The number of benzene rings is 2. The van der Waals surface area contributed by atoms with Crippen LogP contribution in [0.1, 0.15) is 44.7 Å². The molecular weight excluding hydrogens is 364 g/mol. The van der Waals surface area contributed by atoms with Crippen molar-refractivity contribution in [3.05, 3.63) is 65.7 Å². The van der Waals surface area contributed by atoms with Gasteiger partial charge in [-0.2, -0.15) is 0 Å². The second-order valence-corrected chi connectivity index (χ2v) is 8.67. The topological polar surface area (TPSA) is 51.1 Å². The molecule has 29 heavy (non-hydrogen) atoms. The number of oxime groups is 1. The lowest BCUT2D eigenvalue weighted by Gasteiger charge is -2.28. The van der Waals surface area contributed by atoms with E-state index in [0.717, 1.165) is 22.6 Å². The molecule has 5 nitrogen and oxygen atoms in total. The second kappa shape index (κ2) is 9.12. The molecule has 0 saturated carbocycles. The van der Waals surface area contributed by atoms with Gasteiger partial charge >= 0.3 is 0 Å². The van der Waals surface area contributed by atoms with E-state index >= 15 is 0 Å². The molecule has 0 radical (unpaired) electrons. The number of carbonyl (C=O) groups excluding carboxylic acids is 1. The molecule has 0 spiro atoms. The molecule has 1 aliphatic rings. The van der Waals surface area contributed by atoms with Gasteiger partial charge in [-0.15, -0.1) is 0 Å². The number of para-hydroxylation sites is 1. The summed E-state index contributed by atoms with van der Waals surface area (Å²) >= 11 is 0. The zero-order valence-electron chi connectivity index (χ0n) is 17.7. The van der Waals surface area contributed by atoms with Crippen LogP contribution >= 0.6 is 0 Å². The fourth-order valence-corrected chi connectivity index (χ4v) is 3.44. The highest BCUT2D eigenvalue weighted by molar-refractivity contribution is 6.03. The molecule has 1 heterocycles. The van der Waals surface area contributed by atoms with Crippen molar-refractivity contribution >= 4 is 11.6 Å². The van der Waals surface area contributed by atoms with Crippen LogP contribution in [0.25, 0.3) is 0 Å². The Hall–Kier alpha value is -2.82. The zero-order valence-corrected chi connectivity index (χ0v) is 17.7. The van der Waals surface area contributed by atoms with Crippen LogP contribution in [0.5, 0.6) is 5.75 Å². The van der Waals surface area contributed by atoms with Crippen molar-refractivity contribution in [2.45, 2.75) is 46.3 Å². The van der Waals surface area contributed by atoms with E-state index in [1.807, 2.05) is 59.5 Å². The number of amides is 1. The third kappa shape index (κ3) is 5.83. The second-order valence-electron chi connectivity index (χ2n) is 8.67. The van der Waals surface area contributed by atoms with Crippen LogP contribution in [0.2, 0.25) is 0 Å². The molecule has 0 aliphatic carbocycles. The molecule has 1 atom stereocenters. The van der Waals surface area contributed by atoms with Crippen molar-refractivity contribution in [3.63, 3.8) is 0 Å². The Morgan fingerprint density at radius 3 is 2.52 bits per heavy atom.